The Balaban J connectivity index is 1.94. The van der Waals surface area contributed by atoms with Crippen LogP contribution in [0.3, 0.4) is 0 Å². The third-order valence-corrected chi connectivity index (χ3v) is 4.99. The van der Waals surface area contributed by atoms with E-state index in [4.69, 9.17) is 4.74 Å². The number of nitrogens with zero attached hydrogens (tertiary/aromatic N) is 2. The molecule has 0 radical (unpaired) electrons. The average Bonchev–Trinajstić information content (AvgIpc) is 2.53. The van der Waals surface area contributed by atoms with Crippen molar-refractivity contribution in [2.75, 3.05) is 36.1 Å². The van der Waals surface area contributed by atoms with Gasteiger partial charge in [0, 0.05) is 37.4 Å². The van der Waals surface area contributed by atoms with Gasteiger partial charge < -0.3 is 14.5 Å². The Kier molecular flexibility index (Phi) is 4.39. The van der Waals surface area contributed by atoms with E-state index in [-0.39, 0.29) is 5.91 Å². The summed E-state index contributed by atoms with van der Waals surface area (Å²) in [6, 6.07) is 6.89. The van der Waals surface area contributed by atoms with Crippen molar-refractivity contribution < 1.29 is 9.53 Å². The van der Waals surface area contributed by atoms with Crippen molar-refractivity contribution in [2.45, 2.75) is 39.7 Å². The third-order valence-electron chi connectivity index (χ3n) is 4.99. The molecule has 0 aliphatic carbocycles. The van der Waals surface area contributed by atoms with Crippen LogP contribution in [-0.2, 0) is 16.0 Å². The van der Waals surface area contributed by atoms with Crippen molar-refractivity contribution in [1.29, 1.82) is 0 Å². The lowest BCUT2D eigenvalue weighted by molar-refractivity contribution is -0.117. The maximum absolute atomic E-state index is 12.2. The van der Waals surface area contributed by atoms with Crippen LogP contribution in [0.2, 0.25) is 0 Å². The molecule has 22 heavy (non-hydrogen) atoms. The molecule has 1 fully saturated rings. The van der Waals surface area contributed by atoms with Gasteiger partial charge in [0.25, 0.3) is 0 Å². The fourth-order valence-electron chi connectivity index (χ4n) is 3.89. The van der Waals surface area contributed by atoms with E-state index >= 15 is 0 Å². The van der Waals surface area contributed by atoms with Gasteiger partial charge in [-0.3, -0.25) is 4.79 Å². The fourth-order valence-corrected chi connectivity index (χ4v) is 3.89. The number of carbonyl (C=O) groups excluding carboxylic acids is 1. The minimum Gasteiger partial charge on any atom is -0.378 e. The van der Waals surface area contributed by atoms with Crippen LogP contribution in [0.25, 0.3) is 0 Å². The normalized spacial score (nSPS) is 25.0. The van der Waals surface area contributed by atoms with E-state index in [1.807, 2.05) is 4.90 Å². The van der Waals surface area contributed by atoms with Crippen molar-refractivity contribution in [1.82, 2.24) is 0 Å². The lowest BCUT2D eigenvalue weighted by Crippen LogP contribution is -2.46. The van der Waals surface area contributed by atoms with Crippen LogP contribution in [0.15, 0.2) is 18.2 Å². The molecule has 4 nitrogen and oxygen atoms in total. The summed E-state index contributed by atoms with van der Waals surface area (Å²) < 4.78 is 5.43. The quantitative estimate of drug-likeness (QED) is 0.842. The maximum Gasteiger partial charge on any atom is 0.224 e. The molecular formula is C18H26N2O2. The minimum absolute atomic E-state index is 0.152. The predicted molar refractivity (Wildman–Crippen MR) is 89.6 cm³/mol. The Labute approximate surface area is 133 Å². The molecular weight excluding hydrogens is 276 g/mol. The van der Waals surface area contributed by atoms with E-state index < -0.39 is 0 Å². The molecule has 1 aromatic carbocycles. The van der Waals surface area contributed by atoms with Crippen molar-refractivity contribution in [2.24, 2.45) is 5.92 Å². The molecule has 0 spiro atoms. The Morgan fingerprint density at radius 2 is 2.05 bits per heavy atom. The van der Waals surface area contributed by atoms with Crippen LogP contribution in [-0.4, -0.2) is 38.3 Å². The summed E-state index contributed by atoms with van der Waals surface area (Å²) in [4.78, 5) is 16.5. The summed E-state index contributed by atoms with van der Waals surface area (Å²) in [6.07, 6.45) is 2.06. The molecule has 2 atom stereocenters. The summed E-state index contributed by atoms with van der Waals surface area (Å²) >= 11 is 0. The summed E-state index contributed by atoms with van der Waals surface area (Å²) in [6.45, 7) is 9.60. The number of hydrogen-bond acceptors (Lipinski definition) is 3. The number of amides is 1. The number of hydrogen-bond donors (Lipinski definition) is 0. The van der Waals surface area contributed by atoms with Gasteiger partial charge in [0.05, 0.1) is 13.2 Å². The molecule has 0 bridgehead atoms. The highest BCUT2D eigenvalue weighted by molar-refractivity contribution is 5.94. The monoisotopic (exact) mass is 302 g/mol. The Bertz CT molecular complexity index is 552. The molecule has 0 N–H and O–H groups in total. The zero-order chi connectivity index (χ0) is 15.7. The number of fused-ring (bicyclic) bond motifs is 1. The van der Waals surface area contributed by atoms with Crippen LogP contribution < -0.4 is 9.80 Å². The standard InChI is InChI=1S/C18H26N2O2/c1-4-17-13(2)11-15-12-16(19-7-9-22-10-8-19)5-6-18(15)20(17)14(3)21/h5-6,12-13,17H,4,7-11H2,1-3H3/t13?,17-/m0/s1. The van der Waals surface area contributed by atoms with Crippen LogP contribution >= 0.6 is 0 Å². The summed E-state index contributed by atoms with van der Waals surface area (Å²) in [7, 11) is 0. The first kappa shape index (κ1) is 15.3. The van der Waals surface area contributed by atoms with Gasteiger partial charge in [-0.1, -0.05) is 13.8 Å². The largest absolute Gasteiger partial charge is 0.378 e. The van der Waals surface area contributed by atoms with Gasteiger partial charge in [0.2, 0.25) is 5.91 Å². The number of benzene rings is 1. The van der Waals surface area contributed by atoms with Gasteiger partial charge in [0.1, 0.15) is 0 Å². The highest BCUT2D eigenvalue weighted by atomic mass is 16.5. The van der Waals surface area contributed by atoms with E-state index in [1.165, 1.54) is 11.3 Å². The van der Waals surface area contributed by atoms with Gasteiger partial charge in [-0.15, -0.1) is 0 Å². The topological polar surface area (TPSA) is 32.8 Å². The Hall–Kier alpha value is -1.55. The second kappa shape index (κ2) is 6.29. The van der Waals surface area contributed by atoms with Crippen molar-refractivity contribution in [3.05, 3.63) is 23.8 Å². The highest BCUT2D eigenvalue weighted by Gasteiger charge is 2.33. The molecule has 2 aliphatic heterocycles. The van der Waals surface area contributed by atoms with E-state index in [0.717, 1.165) is 44.8 Å². The first-order chi connectivity index (χ1) is 10.6. The fraction of sp³-hybridized carbons (Fsp3) is 0.611. The molecule has 1 amide bonds. The molecule has 1 unspecified atom stereocenters. The van der Waals surface area contributed by atoms with E-state index in [2.05, 4.69) is 36.9 Å². The zero-order valence-electron chi connectivity index (χ0n) is 13.8. The van der Waals surface area contributed by atoms with Gasteiger partial charge in [-0.25, -0.2) is 0 Å². The molecule has 0 aromatic heterocycles. The van der Waals surface area contributed by atoms with Crippen LogP contribution in [0.1, 0.15) is 32.8 Å². The molecule has 0 saturated carbocycles. The second-order valence-electron chi connectivity index (χ2n) is 6.46. The number of ether oxygens (including phenoxy) is 1. The molecule has 4 heteroatoms. The summed E-state index contributed by atoms with van der Waals surface area (Å²) in [5.74, 6) is 0.653. The third kappa shape index (κ3) is 2.72. The maximum atomic E-state index is 12.2. The number of rotatable bonds is 2. The predicted octanol–water partition coefficient (Wildman–Crippen LogP) is 2.85. The Morgan fingerprint density at radius 1 is 1.32 bits per heavy atom. The average molecular weight is 302 g/mol. The first-order valence-corrected chi connectivity index (χ1v) is 8.37. The lowest BCUT2D eigenvalue weighted by Gasteiger charge is -2.41. The van der Waals surface area contributed by atoms with Crippen LogP contribution in [0.5, 0.6) is 0 Å². The SMILES string of the molecule is CC[C@H]1C(C)Cc2cc(N3CCOCC3)ccc2N1C(C)=O. The zero-order valence-corrected chi connectivity index (χ0v) is 13.8. The minimum atomic E-state index is 0.152. The van der Waals surface area contributed by atoms with Crippen LogP contribution in [0, 0.1) is 5.92 Å². The van der Waals surface area contributed by atoms with Gasteiger partial charge in [-0.05, 0) is 42.5 Å². The molecule has 1 saturated heterocycles. The van der Waals surface area contributed by atoms with Crippen molar-refractivity contribution in [3.63, 3.8) is 0 Å². The summed E-state index contributed by atoms with van der Waals surface area (Å²) in [5.41, 5.74) is 3.67. The first-order valence-electron chi connectivity index (χ1n) is 8.37. The van der Waals surface area contributed by atoms with E-state index in [1.54, 1.807) is 6.92 Å². The molecule has 120 valence electrons. The smallest absolute Gasteiger partial charge is 0.224 e. The van der Waals surface area contributed by atoms with E-state index in [0.29, 0.717) is 12.0 Å². The van der Waals surface area contributed by atoms with Gasteiger partial charge in [-0.2, -0.15) is 0 Å². The van der Waals surface area contributed by atoms with Gasteiger partial charge in [0.15, 0.2) is 0 Å². The van der Waals surface area contributed by atoms with Crippen molar-refractivity contribution >= 4 is 17.3 Å². The molecule has 1 aromatic rings. The molecule has 3 rings (SSSR count). The second-order valence-corrected chi connectivity index (χ2v) is 6.46. The Morgan fingerprint density at radius 3 is 2.68 bits per heavy atom. The number of morpholine rings is 1. The van der Waals surface area contributed by atoms with Crippen molar-refractivity contribution in [3.8, 4) is 0 Å². The van der Waals surface area contributed by atoms with E-state index in [9.17, 15) is 4.79 Å². The molecule has 2 heterocycles. The summed E-state index contributed by atoms with van der Waals surface area (Å²) in [5, 5.41) is 0. The molecule has 2 aliphatic rings. The van der Waals surface area contributed by atoms with Gasteiger partial charge >= 0.3 is 0 Å². The lowest BCUT2D eigenvalue weighted by atomic mass is 9.85. The number of anilines is 2. The van der Waals surface area contributed by atoms with Crippen LogP contribution in [0.4, 0.5) is 11.4 Å². The number of carbonyl (C=O) groups is 1. The highest BCUT2D eigenvalue weighted by Crippen LogP contribution is 2.37.